The van der Waals surface area contributed by atoms with Crippen LogP contribution in [0.15, 0.2) is 5.16 Å². The predicted molar refractivity (Wildman–Crippen MR) is 63.5 cm³/mol. The molecule has 0 saturated carbocycles. The lowest BCUT2D eigenvalue weighted by Gasteiger charge is -2.11. The molecule has 0 amide bonds. The smallest absolute Gasteiger partial charge is 0.0954 e. The summed E-state index contributed by atoms with van der Waals surface area (Å²) in [7, 11) is 0. The quantitative estimate of drug-likeness (QED) is 0.268. The molecule has 0 aromatic rings. The molecule has 0 rings (SSSR count). The van der Waals surface area contributed by atoms with Crippen LogP contribution in [0.25, 0.3) is 0 Å². The summed E-state index contributed by atoms with van der Waals surface area (Å²) in [5.74, 6) is 0. The third-order valence-corrected chi connectivity index (χ3v) is 2.63. The van der Waals surface area contributed by atoms with Gasteiger partial charge in [-0.1, -0.05) is 51.1 Å². The van der Waals surface area contributed by atoms with Crippen LogP contribution < -0.4 is 0 Å². The zero-order valence-electron chi connectivity index (χ0n) is 10.1. The monoisotopic (exact) mass is 215 g/mol. The van der Waals surface area contributed by atoms with Crippen LogP contribution in [0.3, 0.4) is 0 Å². The van der Waals surface area contributed by atoms with Crippen molar-refractivity contribution in [2.24, 2.45) is 5.16 Å². The van der Waals surface area contributed by atoms with Gasteiger partial charge in [-0.2, -0.15) is 0 Å². The van der Waals surface area contributed by atoms with E-state index >= 15 is 0 Å². The van der Waals surface area contributed by atoms with E-state index in [1.807, 2.05) is 0 Å². The summed E-state index contributed by atoms with van der Waals surface area (Å²) in [4.78, 5) is 0. The Bertz CT molecular complexity index is 169. The van der Waals surface area contributed by atoms with Gasteiger partial charge in [0, 0.05) is 0 Å². The number of oxime groups is 1. The van der Waals surface area contributed by atoms with Crippen molar-refractivity contribution < 1.29 is 10.3 Å². The van der Waals surface area contributed by atoms with Gasteiger partial charge in [0.2, 0.25) is 0 Å². The van der Waals surface area contributed by atoms with Crippen molar-refractivity contribution in [2.45, 2.75) is 71.3 Å². The molecule has 90 valence electrons. The van der Waals surface area contributed by atoms with Gasteiger partial charge in [0.1, 0.15) is 0 Å². The average molecular weight is 215 g/mol. The largest absolute Gasteiger partial charge is 0.411 e. The maximum Gasteiger partial charge on any atom is 0.0954 e. The van der Waals surface area contributed by atoms with Crippen LogP contribution in [-0.4, -0.2) is 22.1 Å². The minimum Gasteiger partial charge on any atom is -0.411 e. The van der Waals surface area contributed by atoms with Crippen molar-refractivity contribution in [3.63, 3.8) is 0 Å². The topological polar surface area (TPSA) is 52.8 Å². The van der Waals surface area contributed by atoms with Crippen LogP contribution in [0.1, 0.15) is 65.2 Å². The molecule has 3 heteroatoms. The normalized spacial score (nSPS) is 14.2. The van der Waals surface area contributed by atoms with Gasteiger partial charge in [0.15, 0.2) is 0 Å². The molecule has 0 aromatic carbocycles. The number of nitrogens with zero attached hydrogens (tertiary/aromatic N) is 1. The summed E-state index contributed by atoms with van der Waals surface area (Å²) in [6.45, 7) is 4.27. The van der Waals surface area contributed by atoms with E-state index in [2.05, 4.69) is 19.0 Å². The summed E-state index contributed by atoms with van der Waals surface area (Å²) >= 11 is 0. The van der Waals surface area contributed by atoms with Crippen molar-refractivity contribution in [3.8, 4) is 0 Å². The number of aliphatic hydroxyl groups is 1. The third-order valence-electron chi connectivity index (χ3n) is 2.63. The minimum absolute atomic E-state index is 0.543. The molecule has 1 atom stereocenters. The molecule has 0 fully saturated rings. The highest BCUT2D eigenvalue weighted by Crippen LogP contribution is 2.09. The Labute approximate surface area is 93.2 Å². The zero-order valence-corrected chi connectivity index (χ0v) is 10.1. The SMILES string of the molecule is CCCCC/C(=N\O)C(O)CCCCC. The van der Waals surface area contributed by atoms with E-state index < -0.39 is 6.10 Å². The van der Waals surface area contributed by atoms with Crippen molar-refractivity contribution in [1.82, 2.24) is 0 Å². The Morgan fingerprint density at radius 3 is 2.20 bits per heavy atom. The Morgan fingerprint density at radius 1 is 1.07 bits per heavy atom. The first-order chi connectivity index (χ1) is 7.26. The molecule has 0 spiro atoms. The zero-order chi connectivity index (χ0) is 11.5. The van der Waals surface area contributed by atoms with E-state index in [1.165, 1.54) is 0 Å². The van der Waals surface area contributed by atoms with Crippen LogP contribution in [0.4, 0.5) is 0 Å². The molecule has 0 aliphatic rings. The molecule has 0 bridgehead atoms. The molecule has 0 saturated heterocycles. The minimum atomic E-state index is -0.543. The molecule has 0 heterocycles. The third kappa shape index (κ3) is 7.37. The van der Waals surface area contributed by atoms with Gasteiger partial charge in [-0.3, -0.25) is 0 Å². The maximum absolute atomic E-state index is 9.74. The van der Waals surface area contributed by atoms with E-state index in [1.54, 1.807) is 0 Å². The summed E-state index contributed by atoms with van der Waals surface area (Å²) in [5, 5.41) is 21.7. The fourth-order valence-corrected chi connectivity index (χ4v) is 1.59. The molecule has 1 unspecified atom stereocenters. The Balaban J connectivity index is 3.74. The van der Waals surface area contributed by atoms with E-state index in [0.717, 1.165) is 51.4 Å². The number of hydrogen-bond acceptors (Lipinski definition) is 3. The summed E-state index contributed by atoms with van der Waals surface area (Å²) in [6.07, 6.45) is 7.45. The number of unbranched alkanes of at least 4 members (excludes halogenated alkanes) is 4. The molecular weight excluding hydrogens is 190 g/mol. The van der Waals surface area contributed by atoms with Crippen LogP contribution in [-0.2, 0) is 0 Å². The van der Waals surface area contributed by atoms with Crippen molar-refractivity contribution >= 4 is 5.71 Å². The molecular formula is C12H25NO2. The molecule has 3 nitrogen and oxygen atoms in total. The summed E-state index contributed by atoms with van der Waals surface area (Å²) in [5.41, 5.74) is 0.555. The molecule has 0 aromatic heterocycles. The van der Waals surface area contributed by atoms with Gasteiger partial charge in [0.05, 0.1) is 11.8 Å². The highest BCUT2D eigenvalue weighted by Gasteiger charge is 2.12. The molecule has 0 aliphatic carbocycles. The van der Waals surface area contributed by atoms with Gasteiger partial charge < -0.3 is 10.3 Å². The van der Waals surface area contributed by atoms with Gasteiger partial charge in [-0.25, -0.2) is 0 Å². The molecule has 0 aliphatic heterocycles. The number of rotatable bonds is 9. The Morgan fingerprint density at radius 2 is 1.67 bits per heavy atom. The van der Waals surface area contributed by atoms with Gasteiger partial charge in [-0.15, -0.1) is 0 Å². The number of aliphatic hydroxyl groups excluding tert-OH is 1. The first kappa shape index (κ1) is 14.4. The standard InChI is InChI=1S/C12H25NO2/c1-3-5-7-9-11(13-15)12(14)10-8-6-4-2/h12,14-15H,3-10H2,1-2H3/b13-11+. The van der Waals surface area contributed by atoms with Gasteiger partial charge in [-0.05, 0) is 19.3 Å². The second-order valence-corrected chi connectivity index (χ2v) is 4.06. The highest BCUT2D eigenvalue weighted by atomic mass is 16.4. The Hall–Kier alpha value is -0.570. The van der Waals surface area contributed by atoms with E-state index in [0.29, 0.717) is 5.71 Å². The lowest BCUT2D eigenvalue weighted by Crippen LogP contribution is -2.20. The lowest BCUT2D eigenvalue weighted by molar-refractivity contribution is 0.213. The average Bonchev–Trinajstić information content (AvgIpc) is 2.24. The summed E-state index contributed by atoms with van der Waals surface area (Å²) < 4.78 is 0. The van der Waals surface area contributed by atoms with Gasteiger partial charge >= 0.3 is 0 Å². The van der Waals surface area contributed by atoms with E-state index in [9.17, 15) is 5.11 Å². The highest BCUT2D eigenvalue weighted by molar-refractivity contribution is 5.87. The Kier molecular flexibility index (Phi) is 9.59. The fourth-order valence-electron chi connectivity index (χ4n) is 1.59. The molecule has 0 radical (unpaired) electrons. The van der Waals surface area contributed by atoms with Crippen LogP contribution >= 0.6 is 0 Å². The van der Waals surface area contributed by atoms with Crippen LogP contribution in [0.5, 0.6) is 0 Å². The number of hydrogen-bond donors (Lipinski definition) is 2. The first-order valence-electron chi connectivity index (χ1n) is 6.15. The first-order valence-corrected chi connectivity index (χ1v) is 6.15. The van der Waals surface area contributed by atoms with Crippen molar-refractivity contribution in [1.29, 1.82) is 0 Å². The second-order valence-electron chi connectivity index (χ2n) is 4.06. The fraction of sp³-hybridized carbons (Fsp3) is 0.917. The van der Waals surface area contributed by atoms with Crippen molar-refractivity contribution in [2.75, 3.05) is 0 Å². The molecule has 2 N–H and O–H groups in total. The van der Waals surface area contributed by atoms with E-state index in [4.69, 9.17) is 5.21 Å². The van der Waals surface area contributed by atoms with E-state index in [-0.39, 0.29) is 0 Å². The second kappa shape index (κ2) is 9.97. The van der Waals surface area contributed by atoms with Crippen molar-refractivity contribution in [3.05, 3.63) is 0 Å². The predicted octanol–water partition coefficient (Wildman–Crippen LogP) is 3.34. The molecule has 15 heavy (non-hydrogen) atoms. The lowest BCUT2D eigenvalue weighted by atomic mass is 10.0. The summed E-state index contributed by atoms with van der Waals surface area (Å²) in [6, 6.07) is 0. The van der Waals surface area contributed by atoms with Crippen LogP contribution in [0.2, 0.25) is 0 Å². The maximum atomic E-state index is 9.74. The van der Waals surface area contributed by atoms with Crippen LogP contribution in [0, 0.1) is 0 Å². The van der Waals surface area contributed by atoms with Gasteiger partial charge in [0.25, 0.3) is 0 Å².